The van der Waals surface area contributed by atoms with Crippen LogP contribution in [0.4, 0.5) is 0 Å². The van der Waals surface area contributed by atoms with Gasteiger partial charge in [-0.2, -0.15) is 0 Å². The van der Waals surface area contributed by atoms with E-state index in [-0.39, 0.29) is 11.2 Å². The molecule has 0 saturated carbocycles. The Balaban J connectivity index is 1.84. The van der Waals surface area contributed by atoms with Crippen molar-refractivity contribution in [3.05, 3.63) is 23.0 Å². The number of aromatic nitrogens is 4. The van der Waals surface area contributed by atoms with Gasteiger partial charge in [0.25, 0.3) is 5.56 Å². The van der Waals surface area contributed by atoms with Crippen molar-refractivity contribution in [2.75, 3.05) is 0 Å². The minimum atomic E-state index is -1.26. The third-order valence-electron chi connectivity index (χ3n) is 4.33. The molecule has 4 N–H and O–H groups in total. The van der Waals surface area contributed by atoms with Crippen LogP contribution in [-0.2, 0) is 4.74 Å². The zero-order chi connectivity index (χ0) is 17.4. The van der Waals surface area contributed by atoms with E-state index in [0.29, 0.717) is 12.3 Å². The van der Waals surface area contributed by atoms with E-state index in [9.17, 15) is 20.1 Å². The number of nitrogens with zero attached hydrogens (tertiary/aromatic N) is 3. The number of rotatable bonds is 5. The molecule has 2 aromatic rings. The molecule has 9 heteroatoms. The number of aliphatic hydroxyl groups excluding tert-OH is 3. The van der Waals surface area contributed by atoms with Crippen LogP contribution in [-0.4, -0.2) is 59.3 Å². The summed E-state index contributed by atoms with van der Waals surface area (Å²) in [5.41, 5.74) is -0.0424. The highest BCUT2D eigenvalue weighted by Crippen LogP contribution is 2.33. The summed E-state index contributed by atoms with van der Waals surface area (Å²) in [5, 5.41) is 30.8. The third-order valence-corrected chi connectivity index (χ3v) is 4.33. The molecule has 0 unspecified atom stereocenters. The highest BCUT2D eigenvalue weighted by Gasteiger charge is 2.47. The van der Waals surface area contributed by atoms with Gasteiger partial charge in [0, 0.05) is 0 Å². The molecule has 24 heavy (non-hydrogen) atoms. The predicted molar refractivity (Wildman–Crippen MR) is 84.2 cm³/mol. The Morgan fingerprint density at radius 3 is 2.75 bits per heavy atom. The second kappa shape index (κ2) is 6.60. The largest absolute Gasteiger partial charge is 0.390 e. The van der Waals surface area contributed by atoms with E-state index in [4.69, 9.17) is 4.74 Å². The van der Waals surface area contributed by atoms with Crippen molar-refractivity contribution in [1.29, 1.82) is 0 Å². The van der Waals surface area contributed by atoms with Gasteiger partial charge in [0.2, 0.25) is 0 Å². The Morgan fingerprint density at radius 1 is 1.29 bits per heavy atom. The highest BCUT2D eigenvalue weighted by molar-refractivity contribution is 5.68. The molecular weight excluding hydrogens is 316 g/mol. The van der Waals surface area contributed by atoms with Gasteiger partial charge in [-0.1, -0.05) is 13.8 Å². The van der Waals surface area contributed by atoms with E-state index in [1.165, 1.54) is 17.2 Å². The quantitative estimate of drug-likeness (QED) is 0.579. The zero-order valence-electron chi connectivity index (χ0n) is 13.5. The Hall–Kier alpha value is -1.81. The average molecular weight is 338 g/mol. The fourth-order valence-corrected chi connectivity index (χ4v) is 2.95. The van der Waals surface area contributed by atoms with E-state index in [2.05, 4.69) is 15.0 Å². The first-order chi connectivity index (χ1) is 11.4. The topological polar surface area (TPSA) is 133 Å². The van der Waals surface area contributed by atoms with Gasteiger partial charge in [-0.15, -0.1) is 0 Å². The Bertz CT molecular complexity index is 758. The molecular formula is C15H22N4O5. The average Bonchev–Trinajstić information content (AvgIpc) is 3.09. The van der Waals surface area contributed by atoms with Gasteiger partial charge in [-0.3, -0.25) is 9.36 Å². The monoisotopic (exact) mass is 338 g/mol. The minimum absolute atomic E-state index is 0.117. The maximum atomic E-state index is 11.7. The highest BCUT2D eigenvalue weighted by atomic mass is 16.6. The lowest BCUT2D eigenvalue weighted by molar-refractivity contribution is -0.0863. The predicted octanol–water partition coefficient (Wildman–Crippen LogP) is -0.464. The molecule has 0 bridgehead atoms. The Kier molecular flexibility index (Phi) is 4.68. The molecule has 0 spiro atoms. The van der Waals surface area contributed by atoms with Gasteiger partial charge in [0.1, 0.15) is 18.3 Å². The molecule has 1 aliphatic rings. The number of fused-ring (bicyclic) bond motifs is 1. The van der Waals surface area contributed by atoms with Crippen LogP contribution in [0.5, 0.6) is 0 Å². The van der Waals surface area contributed by atoms with Crippen LogP contribution in [0.15, 0.2) is 17.4 Å². The Labute approximate surface area is 137 Å². The standard InChI is InChI=1S/C15H22N4O5/c1-7(2)3-4-8(20)12-10(21)11(22)15(24-12)19-6-18-9-13(19)16-5-17-14(9)23/h5-8,10-12,15,20-22H,3-4H2,1-2H3,(H,16,17,23)/t8-,10+,11-,12-,15-/m1/s1. The number of aromatic amines is 1. The molecule has 132 valence electrons. The third kappa shape index (κ3) is 2.95. The SMILES string of the molecule is CC(C)CC[C@@H](O)[C@H]1O[C@@H](n2cnc3c(=O)[nH]cnc32)[C@H](O)[C@@H]1O. The lowest BCUT2D eigenvalue weighted by Gasteiger charge is -2.21. The number of imidazole rings is 1. The summed E-state index contributed by atoms with van der Waals surface area (Å²) in [7, 11) is 0. The van der Waals surface area contributed by atoms with Crippen LogP contribution in [0.2, 0.25) is 0 Å². The van der Waals surface area contributed by atoms with E-state index < -0.39 is 36.2 Å². The van der Waals surface area contributed by atoms with Gasteiger partial charge in [0.05, 0.1) is 18.8 Å². The van der Waals surface area contributed by atoms with Crippen molar-refractivity contribution in [3.63, 3.8) is 0 Å². The molecule has 1 aliphatic heterocycles. The minimum Gasteiger partial charge on any atom is -0.390 e. The molecule has 1 saturated heterocycles. The maximum Gasteiger partial charge on any atom is 0.278 e. The van der Waals surface area contributed by atoms with E-state index in [1.807, 2.05) is 13.8 Å². The smallest absolute Gasteiger partial charge is 0.278 e. The number of hydrogen-bond acceptors (Lipinski definition) is 7. The first-order valence-corrected chi connectivity index (χ1v) is 8.00. The normalized spacial score (nSPS) is 28.8. The molecule has 3 heterocycles. The molecule has 0 aromatic carbocycles. The van der Waals surface area contributed by atoms with Crippen molar-refractivity contribution >= 4 is 11.2 Å². The maximum absolute atomic E-state index is 11.7. The molecule has 5 atom stereocenters. The van der Waals surface area contributed by atoms with Gasteiger partial charge in [-0.05, 0) is 18.8 Å². The molecule has 0 aliphatic carbocycles. The second-order valence-corrected chi connectivity index (χ2v) is 6.57. The van der Waals surface area contributed by atoms with Gasteiger partial charge >= 0.3 is 0 Å². The van der Waals surface area contributed by atoms with Crippen LogP contribution in [0.3, 0.4) is 0 Å². The summed E-state index contributed by atoms with van der Waals surface area (Å²) in [6.07, 6.45) is -1.49. The van der Waals surface area contributed by atoms with Crippen molar-refractivity contribution in [3.8, 4) is 0 Å². The van der Waals surface area contributed by atoms with Crippen molar-refractivity contribution in [1.82, 2.24) is 19.5 Å². The van der Waals surface area contributed by atoms with Crippen LogP contribution < -0.4 is 5.56 Å². The van der Waals surface area contributed by atoms with Crippen LogP contribution in [0.25, 0.3) is 11.2 Å². The molecule has 1 fully saturated rings. The fraction of sp³-hybridized carbons (Fsp3) is 0.667. The molecule has 0 radical (unpaired) electrons. The fourth-order valence-electron chi connectivity index (χ4n) is 2.95. The first kappa shape index (κ1) is 17.0. The first-order valence-electron chi connectivity index (χ1n) is 8.00. The Morgan fingerprint density at radius 2 is 2.04 bits per heavy atom. The summed E-state index contributed by atoms with van der Waals surface area (Å²) in [5.74, 6) is 0.410. The van der Waals surface area contributed by atoms with Crippen molar-refractivity contribution in [2.24, 2.45) is 5.92 Å². The lowest BCUT2D eigenvalue weighted by atomic mass is 9.98. The van der Waals surface area contributed by atoms with Gasteiger partial charge in [0.15, 0.2) is 17.4 Å². The number of H-pyrrole nitrogens is 1. The molecule has 9 nitrogen and oxygen atoms in total. The van der Waals surface area contributed by atoms with Crippen molar-refractivity contribution < 1.29 is 20.1 Å². The van der Waals surface area contributed by atoms with Crippen LogP contribution in [0, 0.1) is 5.92 Å². The van der Waals surface area contributed by atoms with E-state index >= 15 is 0 Å². The van der Waals surface area contributed by atoms with E-state index in [0.717, 1.165) is 6.42 Å². The summed E-state index contributed by atoms with van der Waals surface area (Å²) >= 11 is 0. The lowest BCUT2D eigenvalue weighted by Crippen LogP contribution is -2.38. The van der Waals surface area contributed by atoms with Gasteiger partial charge in [-0.25, -0.2) is 9.97 Å². The van der Waals surface area contributed by atoms with E-state index in [1.54, 1.807) is 0 Å². The second-order valence-electron chi connectivity index (χ2n) is 6.57. The van der Waals surface area contributed by atoms with Crippen LogP contribution >= 0.6 is 0 Å². The summed E-state index contributed by atoms with van der Waals surface area (Å²) < 4.78 is 7.09. The number of ether oxygens (including phenoxy) is 1. The zero-order valence-corrected chi connectivity index (χ0v) is 13.5. The van der Waals surface area contributed by atoms with Crippen molar-refractivity contribution in [2.45, 2.75) is 57.3 Å². The van der Waals surface area contributed by atoms with Crippen LogP contribution in [0.1, 0.15) is 32.9 Å². The number of hydrogen-bond donors (Lipinski definition) is 4. The number of aliphatic hydroxyl groups is 3. The summed E-state index contributed by atoms with van der Waals surface area (Å²) in [6.45, 7) is 4.08. The summed E-state index contributed by atoms with van der Waals surface area (Å²) in [4.78, 5) is 22.1. The molecule has 3 rings (SSSR count). The van der Waals surface area contributed by atoms with Gasteiger partial charge < -0.3 is 25.0 Å². The number of nitrogens with one attached hydrogen (secondary N) is 1. The summed E-state index contributed by atoms with van der Waals surface area (Å²) in [6, 6.07) is 0. The molecule has 2 aromatic heterocycles. The molecule has 0 amide bonds.